The molecule has 0 saturated carbocycles. The van der Waals surface area contributed by atoms with Gasteiger partial charge in [-0.1, -0.05) is 6.07 Å². The number of hydrogen-bond donors (Lipinski definition) is 2. The van der Waals surface area contributed by atoms with Crippen LogP contribution in [0.5, 0.6) is 0 Å². The number of halogens is 2. The Labute approximate surface area is 150 Å². The third-order valence-corrected chi connectivity index (χ3v) is 4.04. The van der Waals surface area contributed by atoms with Gasteiger partial charge in [0, 0.05) is 17.3 Å². The van der Waals surface area contributed by atoms with Crippen molar-refractivity contribution in [2.24, 2.45) is 0 Å². The standard InChI is InChI=1S/C19H20F2N2O3/c1-11-4-5-13(19(25)26-3)8-17(11)23-18(24)10-22-12(2)15-7-6-14(20)9-16(15)21/h4-9,12,22H,10H2,1-3H3,(H,23,24)/p+1/t12-/m0/s1. The molecular weight excluding hydrogens is 342 g/mol. The van der Waals surface area contributed by atoms with Crippen molar-refractivity contribution < 1.29 is 28.4 Å². The summed E-state index contributed by atoms with van der Waals surface area (Å²) in [6.45, 7) is 3.57. The van der Waals surface area contributed by atoms with E-state index in [-0.39, 0.29) is 18.5 Å². The molecule has 2 aromatic rings. The monoisotopic (exact) mass is 363 g/mol. The Morgan fingerprint density at radius 3 is 2.58 bits per heavy atom. The van der Waals surface area contributed by atoms with E-state index in [1.54, 1.807) is 37.4 Å². The third kappa shape index (κ3) is 4.86. The maximum atomic E-state index is 13.8. The van der Waals surface area contributed by atoms with E-state index >= 15 is 0 Å². The lowest BCUT2D eigenvalue weighted by Gasteiger charge is -2.13. The van der Waals surface area contributed by atoms with E-state index < -0.39 is 17.6 Å². The highest BCUT2D eigenvalue weighted by atomic mass is 19.1. The van der Waals surface area contributed by atoms with Gasteiger partial charge in [0.15, 0.2) is 6.54 Å². The molecule has 0 radical (unpaired) electrons. The number of anilines is 1. The number of methoxy groups -OCH3 is 1. The molecule has 1 amide bonds. The molecule has 0 aliphatic carbocycles. The van der Waals surface area contributed by atoms with Gasteiger partial charge in [0.2, 0.25) is 0 Å². The van der Waals surface area contributed by atoms with Crippen LogP contribution in [0.25, 0.3) is 0 Å². The Hall–Kier alpha value is -2.80. The lowest BCUT2D eigenvalue weighted by Crippen LogP contribution is -2.86. The molecule has 0 unspecified atom stereocenters. The maximum absolute atomic E-state index is 13.8. The van der Waals surface area contributed by atoms with Crippen LogP contribution >= 0.6 is 0 Å². The molecule has 0 fully saturated rings. The molecule has 7 heteroatoms. The number of hydrogen-bond acceptors (Lipinski definition) is 3. The Kier molecular flexibility index (Phi) is 6.41. The molecule has 0 saturated heterocycles. The molecule has 138 valence electrons. The van der Waals surface area contributed by atoms with Gasteiger partial charge in [-0.3, -0.25) is 4.79 Å². The van der Waals surface area contributed by atoms with E-state index in [1.165, 1.54) is 19.2 Å². The SMILES string of the molecule is COC(=O)c1ccc(C)c(NC(=O)C[NH2+][C@@H](C)c2ccc(F)cc2F)c1. The molecule has 2 aromatic carbocycles. The van der Waals surface area contributed by atoms with Gasteiger partial charge in [-0.05, 0) is 43.7 Å². The normalized spacial score (nSPS) is 11.7. The lowest BCUT2D eigenvalue weighted by atomic mass is 10.1. The average Bonchev–Trinajstić information content (AvgIpc) is 2.61. The fourth-order valence-electron chi connectivity index (χ4n) is 2.48. The van der Waals surface area contributed by atoms with Crippen LogP contribution < -0.4 is 10.6 Å². The molecule has 26 heavy (non-hydrogen) atoms. The summed E-state index contributed by atoms with van der Waals surface area (Å²) in [7, 11) is 1.28. The fourth-order valence-corrected chi connectivity index (χ4v) is 2.48. The van der Waals surface area contributed by atoms with Crippen LogP contribution in [0.3, 0.4) is 0 Å². The van der Waals surface area contributed by atoms with E-state index in [1.807, 2.05) is 0 Å². The third-order valence-electron chi connectivity index (χ3n) is 4.04. The Bertz CT molecular complexity index is 824. The zero-order valence-corrected chi connectivity index (χ0v) is 14.8. The first-order chi connectivity index (χ1) is 12.3. The van der Waals surface area contributed by atoms with Gasteiger partial charge in [0.25, 0.3) is 5.91 Å². The largest absolute Gasteiger partial charge is 0.465 e. The van der Waals surface area contributed by atoms with Gasteiger partial charge in [0.05, 0.1) is 12.7 Å². The minimum atomic E-state index is -0.643. The van der Waals surface area contributed by atoms with Gasteiger partial charge in [-0.25, -0.2) is 13.6 Å². The number of amides is 1. The summed E-state index contributed by atoms with van der Waals surface area (Å²) >= 11 is 0. The molecule has 1 atom stereocenters. The second-order valence-electron chi connectivity index (χ2n) is 5.96. The minimum Gasteiger partial charge on any atom is -0.465 e. The van der Waals surface area contributed by atoms with E-state index in [9.17, 15) is 18.4 Å². The summed E-state index contributed by atoms with van der Waals surface area (Å²) in [6.07, 6.45) is 0. The Balaban J connectivity index is 1.99. The van der Waals surface area contributed by atoms with Crippen LogP contribution in [0.15, 0.2) is 36.4 Å². The topological polar surface area (TPSA) is 72.0 Å². The summed E-state index contributed by atoms with van der Waals surface area (Å²) in [4.78, 5) is 23.8. The van der Waals surface area contributed by atoms with Crippen LogP contribution in [0.2, 0.25) is 0 Å². The summed E-state index contributed by atoms with van der Waals surface area (Å²) < 4.78 is 31.4. The van der Waals surface area contributed by atoms with Crippen molar-refractivity contribution in [3.05, 3.63) is 64.7 Å². The number of carbonyl (C=O) groups excluding carboxylic acids is 2. The van der Waals surface area contributed by atoms with Crippen molar-refractivity contribution in [2.45, 2.75) is 19.9 Å². The van der Waals surface area contributed by atoms with Gasteiger partial charge in [-0.2, -0.15) is 0 Å². The molecule has 0 aliphatic heterocycles. The molecule has 0 aliphatic rings. The van der Waals surface area contributed by atoms with E-state index in [0.717, 1.165) is 11.6 Å². The molecule has 0 aromatic heterocycles. The van der Waals surface area contributed by atoms with Crippen LogP contribution in [0.4, 0.5) is 14.5 Å². The highest BCUT2D eigenvalue weighted by Gasteiger charge is 2.17. The molecule has 2 rings (SSSR count). The number of quaternary nitrogens is 1. The van der Waals surface area contributed by atoms with Crippen LogP contribution in [-0.2, 0) is 9.53 Å². The number of carbonyl (C=O) groups is 2. The zero-order valence-electron chi connectivity index (χ0n) is 14.8. The minimum absolute atomic E-state index is 0.0415. The number of ether oxygens (including phenoxy) is 1. The first-order valence-electron chi connectivity index (χ1n) is 8.09. The fraction of sp³-hybridized carbons (Fsp3) is 0.263. The summed E-state index contributed by atoms with van der Waals surface area (Å²) in [5, 5.41) is 4.37. The van der Waals surface area contributed by atoms with Crippen molar-refractivity contribution in [3.63, 3.8) is 0 Å². The van der Waals surface area contributed by atoms with Gasteiger partial charge in [-0.15, -0.1) is 0 Å². The number of rotatable bonds is 6. The van der Waals surface area contributed by atoms with Gasteiger partial charge in [0.1, 0.15) is 17.7 Å². The first kappa shape index (κ1) is 19.5. The highest BCUT2D eigenvalue weighted by Crippen LogP contribution is 2.18. The quantitative estimate of drug-likeness (QED) is 0.774. The van der Waals surface area contributed by atoms with Crippen molar-refractivity contribution in [1.82, 2.24) is 0 Å². The lowest BCUT2D eigenvalue weighted by molar-refractivity contribution is -0.682. The zero-order chi connectivity index (χ0) is 19.3. The molecule has 3 N–H and O–H groups in total. The van der Waals surface area contributed by atoms with Crippen molar-refractivity contribution >= 4 is 17.6 Å². The predicted molar refractivity (Wildman–Crippen MR) is 92.7 cm³/mol. The highest BCUT2D eigenvalue weighted by molar-refractivity contribution is 5.95. The molecular formula is C19H21F2N2O3+. The Morgan fingerprint density at radius 2 is 1.92 bits per heavy atom. The van der Waals surface area contributed by atoms with Crippen LogP contribution in [0.1, 0.15) is 34.5 Å². The summed E-state index contributed by atoms with van der Waals surface area (Å²) in [5.74, 6) is -2.08. The number of aryl methyl sites for hydroxylation is 1. The first-order valence-corrected chi connectivity index (χ1v) is 8.09. The number of benzene rings is 2. The Morgan fingerprint density at radius 1 is 1.19 bits per heavy atom. The van der Waals surface area contributed by atoms with Crippen LogP contribution in [-0.4, -0.2) is 25.5 Å². The van der Waals surface area contributed by atoms with Gasteiger partial charge < -0.3 is 15.4 Å². The van der Waals surface area contributed by atoms with Crippen molar-refractivity contribution in [3.8, 4) is 0 Å². The van der Waals surface area contributed by atoms with E-state index in [4.69, 9.17) is 0 Å². The van der Waals surface area contributed by atoms with Crippen LogP contribution in [0, 0.1) is 18.6 Å². The molecule has 0 heterocycles. The summed E-state index contributed by atoms with van der Waals surface area (Å²) in [6, 6.07) is 7.88. The molecule has 0 bridgehead atoms. The van der Waals surface area contributed by atoms with E-state index in [0.29, 0.717) is 16.8 Å². The second kappa shape index (κ2) is 8.53. The smallest absolute Gasteiger partial charge is 0.337 e. The summed E-state index contributed by atoms with van der Waals surface area (Å²) in [5.41, 5.74) is 1.96. The number of esters is 1. The van der Waals surface area contributed by atoms with Crippen molar-refractivity contribution in [1.29, 1.82) is 0 Å². The van der Waals surface area contributed by atoms with E-state index in [2.05, 4.69) is 10.1 Å². The van der Waals surface area contributed by atoms with Gasteiger partial charge >= 0.3 is 5.97 Å². The average molecular weight is 363 g/mol. The predicted octanol–water partition coefficient (Wildman–Crippen LogP) is 2.32. The molecule has 5 nitrogen and oxygen atoms in total. The molecule has 0 spiro atoms. The van der Waals surface area contributed by atoms with Crippen molar-refractivity contribution in [2.75, 3.05) is 19.0 Å². The number of nitrogens with two attached hydrogens (primary N) is 1. The maximum Gasteiger partial charge on any atom is 0.337 e. The number of nitrogens with one attached hydrogen (secondary N) is 1. The second-order valence-corrected chi connectivity index (χ2v) is 5.96.